The summed E-state index contributed by atoms with van der Waals surface area (Å²) < 4.78 is 29.5. The number of ether oxygens (including phenoxy) is 5. The molecule has 0 saturated carbocycles. The predicted molar refractivity (Wildman–Crippen MR) is 161 cm³/mol. The molecule has 0 aromatic heterocycles. The summed E-state index contributed by atoms with van der Waals surface area (Å²) in [6.07, 6.45) is -11.0. The van der Waals surface area contributed by atoms with Crippen LogP contribution in [0, 0.1) is 5.92 Å². The van der Waals surface area contributed by atoms with E-state index < -0.39 is 107 Å². The Morgan fingerprint density at radius 2 is 1.60 bits per heavy atom. The summed E-state index contributed by atoms with van der Waals surface area (Å²) in [6.45, 7) is 4.07. The second kappa shape index (κ2) is 12.3. The average molecular weight is 675 g/mol. The number of carbonyl (C=O) groups excluding carboxylic acids is 3. The molecule has 6 rings (SSSR count). The Hall–Kier alpha value is -3.67. The van der Waals surface area contributed by atoms with Gasteiger partial charge in [0.1, 0.15) is 46.9 Å². The molecule has 15 heteroatoms. The fourth-order valence-electron chi connectivity index (χ4n) is 7.46. The molecule has 11 atom stereocenters. The highest BCUT2D eigenvalue weighted by atomic mass is 16.7. The molecule has 260 valence electrons. The number of carbonyl (C=O) groups is 3. The largest absolute Gasteiger partial charge is 0.508 e. The van der Waals surface area contributed by atoms with Crippen LogP contribution in [0.2, 0.25) is 0 Å². The first-order chi connectivity index (χ1) is 22.6. The van der Waals surface area contributed by atoms with Gasteiger partial charge in [0, 0.05) is 31.9 Å². The molecule has 2 aliphatic carbocycles. The van der Waals surface area contributed by atoms with Gasteiger partial charge in [-0.15, -0.1) is 0 Å². The first-order valence-electron chi connectivity index (χ1n) is 15.6. The summed E-state index contributed by atoms with van der Waals surface area (Å²) in [5.41, 5.74) is -3.47. The molecule has 2 aliphatic heterocycles. The van der Waals surface area contributed by atoms with E-state index in [1.54, 1.807) is 6.92 Å². The highest BCUT2D eigenvalue weighted by molar-refractivity contribution is 6.25. The van der Waals surface area contributed by atoms with E-state index in [-0.39, 0.29) is 46.9 Å². The van der Waals surface area contributed by atoms with E-state index in [9.17, 15) is 50.1 Å². The molecular formula is C33H38O15. The van der Waals surface area contributed by atoms with Gasteiger partial charge in [-0.05, 0) is 50.3 Å². The van der Waals surface area contributed by atoms with E-state index >= 15 is 0 Å². The molecule has 0 amide bonds. The molecule has 2 fully saturated rings. The number of phenolic OH excluding ortho intramolecular Hbond substituents is 3. The highest BCUT2D eigenvalue weighted by Crippen LogP contribution is 2.52. The van der Waals surface area contributed by atoms with Crippen molar-refractivity contribution < 1.29 is 73.8 Å². The zero-order valence-electron chi connectivity index (χ0n) is 26.5. The number of rotatable bonds is 6. The Labute approximate surface area is 273 Å². The fourth-order valence-corrected chi connectivity index (χ4v) is 7.46. The zero-order chi connectivity index (χ0) is 35.0. The lowest BCUT2D eigenvalue weighted by atomic mass is 9.62. The average Bonchev–Trinajstić information content (AvgIpc) is 2.99. The molecule has 15 nitrogen and oxygen atoms in total. The van der Waals surface area contributed by atoms with Crippen molar-refractivity contribution in [3.63, 3.8) is 0 Å². The smallest absolute Gasteiger partial charge is 0.207 e. The minimum atomic E-state index is -2.55. The Morgan fingerprint density at radius 1 is 0.938 bits per heavy atom. The monoisotopic (exact) mass is 674 g/mol. The van der Waals surface area contributed by atoms with E-state index in [1.807, 2.05) is 0 Å². The molecule has 2 saturated heterocycles. The van der Waals surface area contributed by atoms with Crippen LogP contribution in [0.5, 0.6) is 17.2 Å². The van der Waals surface area contributed by atoms with E-state index in [2.05, 4.69) is 0 Å². The Bertz CT molecular complexity index is 1690. The summed E-state index contributed by atoms with van der Waals surface area (Å²) in [7, 11) is 1.19. The molecule has 0 radical (unpaired) electrons. The Balaban J connectivity index is 1.46. The van der Waals surface area contributed by atoms with Gasteiger partial charge in [-0.1, -0.05) is 0 Å². The minimum Gasteiger partial charge on any atom is -0.508 e. The van der Waals surface area contributed by atoms with Crippen molar-refractivity contribution in [2.24, 2.45) is 5.92 Å². The number of hydrogen-bond donors (Lipinski definition) is 7. The van der Waals surface area contributed by atoms with Crippen molar-refractivity contribution in [3.8, 4) is 17.2 Å². The number of fused-ring (bicyclic) bond motifs is 3. The van der Waals surface area contributed by atoms with Crippen LogP contribution >= 0.6 is 0 Å². The van der Waals surface area contributed by atoms with Gasteiger partial charge in [0.2, 0.25) is 5.78 Å². The van der Waals surface area contributed by atoms with Gasteiger partial charge < -0.3 is 59.4 Å². The van der Waals surface area contributed by atoms with Crippen molar-refractivity contribution in [3.05, 3.63) is 40.7 Å². The lowest BCUT2D eigenvalue weighted by molar-refractivity contribution is -0.318. The van der Waals surface area contributed by atoms with Crippen LogP contribution in [-0.2, 0) is 39.7 Å². The molecule has 48 heavy (non-hydrogen) atoms. The molecule has 1 unspecified atom stereocenters. The van der Waals surface area contributed by atoms with Crippen LogP contribution in [-0.4, -0.2) is 121 Å². The van der Waals surface area contributed by atoms with Crippen molar-refractivity contribution in [2.75, 3.05) is 7.11 Å². The normalized spacial score (nSPS) is 37.0. The first kappa shape index (κ1) is 34.2. The van der Waals surface area contributed by atoms with Crippen molar-refractivity contribution in [1.29, 1.82) is 0 Å². The maximum Gasteiger partial charge on any atom is 0.207 e. The van der Waals surface area contributed by atoms with Gasteiger partial charge in [-0.3, -0.25) is 14.4 Å². The third-order valence-electron chi connectivity index (χ3n) is 9.82. The third-order valence-corrected chi connectivity index (χ3v) is 9.82. The number of aliphatic hydroxyl groups is 4. The van der Waals surface area contributed by atoms with Gasteiger partial charge in [0.25, 0.3) is 0 Å². The number of aromatic hydroxyl groups is 3. The number of aliphatic hydroxyl groups excluding tert-OH is 4. The van der Waals surface area contributed by atoms with Gasteiger partial charge in [0.15, 0.2) is 29.7 Å². The summed E-state index contributed by atoms with van der Waals surface area (Å²) in [5, 5.41) is 75.2. The SMILES string of the molecule is CO[C@@H]1C(=O)C(C(C)=O)=C(O)[C@@]2(O[C@H]3C[C@@H](O[C@H]4C[C@@H](O)[C@@H](O)[C@@H](C)O4)[C@H](O)[C@@H](C)O3)C(=O)c3c(cc4cc(O)cc(O)c4c3O)CC12. The van der Waals surface area contributed by atoms with Crippen LogP contribution in [0.15, 0.2) is 29.5 Å². The van der Waals surface area contributed by atoms with Crippen LogP contribution < -0.4 is 0 Å². The standard InChI is InChI=1S/C33H38O15/c1-11(34)23-29(41)30(44-4)17-7-15-5-14-6-16(35)8-18(36)24(14)28(40)25(15)32(43)33(17,31(23)42)48-22-10-20(27(39)13(3)46-22)47-21-9-19(37)26(38)12(2)45-21/h5-6,8,12-13,17,19-22,26-27,30,35-40,42H,7,9-10H2,1-4H3/t12-,13-,17?,19-,20-,21+,22+,26+,27-,30+,33-/m1/s1. The maximum atomic E-state index is 14.8. The van der Waals surface area contributed by atoms with E-state index in [0.29, 0.717) is 0 Å². The topological polar surface area (TPSA) is 239 Å². The zero-order valence-corrected chi connectivity index (χ0v) is 26.5. The van der Waals surface area contributed by atoms with Gasteiger partial charge in [0.05, 0.1) is 35.4 Å². The lowest BCUT2D eigenvalue weighted by Crippen LogP contribution is -2.65. The molecule has 0 spiro atoms. The summed E-state index contributed by atoms with van der Waals surface area (Å²) >= 11 is 0. The lowest BCUT2D eigenvalue weighted by Gasteiger charge is -2.50. The van der Waals surface area contributed by atoms with Crippen LogP contribution in [0.3, 0.4) is 0 Å². The molecule has 7 N–H and O–H groups in total. The summed E-state index contributed by atoms with van der Waals surface area (Å²) in [6, 6.07) is 3.68. The second-order valence-corrected chi connectivity index (χ2v) is 12.9. The number of hydrogen-bond acceptors (Lipinski definition) is 15. The van der Waals surface area contributed by atoms with Crippen LogP contribution in [0.4, 0.5) is 0 Å². The quantitative estimate of drug-likeness (QED) is 0.210. The number of ketones is 3. The van der Waals surface area contributed by atoms with Crippen molar-refractivity contribution in [1.82, 2.24) is 0 Å². The summed E-state index contributed by atoms with van der Waals surface area (Å²) in [5.74, 6) is -6.69. The highest BCUT2D eigenvalue weighted by Gasteiger charge is 2.65. The number of phenols is 3. The Kier molecular flexibility index (Phi) is 8.79. The van der Waals surface area contributed by atoms with Crippen molar-refractivity contribution in [2.45, 2.75) is 101 Å². The van der Waals surface area contributed by atoms with Gasteiger partial charge in [-0.25, -0.2) is 0 Å². The first-order valence-corrected chi connectivity index (χ1v) is 15.6. The third kappa shape index (κ3) is 5.25. The number of benzene rings is 2. The van der Waals surface area contributed by atoms with Gasteiger partial charge in [-0.2, -0.15) is 0 Å². The summed E-state index contributed by atoms with van der Waals surface area (Å²) in [4.78, 5) is 41.1. The van der Waals surface area contributed by atoms with Crippen LogP contribution in [0.25, 0.3) is 10.8 Å². The van der Waals surface area contributed by atoms with Crippen LogP contribution in [0.1, 0.15) is 49.5 Å². The van der Waals surface area contributed by atoms with E-state index in [1.165, 1.54) is 26.2 Å². The fraction of sp³-hybridized carbons (Fsp3) is 0.545. The predicted octanol–water partition coefficient (Wildman–Crippen LogP) is 0.804. The second-order valence-electron chi connectivity index (χ2n) is 12.9. The van der Waals surface area contributed by atoms with Gasteiger partial charge >= 0.3 is 0 Å². The Morgan fingerprint density at radius 3 is 2.25 bits per heavy atom. The number of methoxy groups -OCH3 is 1. The maximum absolute atomic E-state index is 14.8. The number of Topliss-reactive ketones (excluding diaryl/α,β-unsaturated/α-hetero) is 3. The molecule has 0 bridgehead atoms. The molecular weight excluding hydrogens is 636 g/mol. The van der Waals surface area contributed by atoms with Crippen molar-refractivity contribution >= 4 is 28.1 Å². The molecule has 2 aromatic carbocycles. The minimum absolute atomic E-state index is 0.113. The molecule has 2 heterocycles. The van der Waals surface area contributed by atoms with E-state index in [0.717, 1.165) is 13.0 Å². The molecule has 4 aliphatic rings. The molecule has 2 aromatic rings. The van der Waals surface area contributed by atoms with E-state index in [4.69, 9.17) is 23.7 Å².